The van der Waals surface area contributed by atoms with E-state index in [9.17, 15) is 18.0 Å². The van der Waals surface area contributed by atoms with Crippen LogP contribution in [0.15, 0.2) is 35.4 Å². The Labute approximate surface area is 199 Å². The lowest BCUT2D eigenvalue weighted by atomic mass is 9.98. The molecule has 2 N–H and O–H groups in total. The van der Waals surface area contributed by atoms with Crippen LogP contribution in [-0.4, -0.2) is 60.6 Å². The summed E-state index contributed by atoms with van der Waals surface area (Å²) in [5, 5.41) is 3.40. The van der Waals surface area contributed by atoms with Gasteiger partial charge in [-0.1, -0.05) is 17.7 Å². The van der Waals surface area contributed by atoms with Crippen molar-refractivity contribution in [2.75, 3.05) is 31.5 Å². The molecule has 0 spiro atoms. The zero-order valence-corrected chi connectivity index (χ0v) is 20.2. The van der Waals surface area contributed by atoms with Crippen molar-refractivity contribution in [2.45, 2.75) is 43.9 Å². The minimum atomic E-state index is -3.83. The highest BCUT2D eigenvalue weighted by Gasteiger charge is 2.34. The SMILES string of the molecule is Cc1ccc(NC(=O)C2CCCN(S(=O)(=O)c3c[nH]c(C(=O)N4CCCCC4)c3)C2)cc1Cl. The summed E-state index contributed by atoms with van der Waals surface area (Å²) >= 11 is 6.14. The molecule has 1 aromatic heterocycles. The zero-order valence-electron chi connectivity index (χ0n) is 18.6. The average molecular weight is 493 g/mol. The van der Waals surface area contributed by atoms with Crippen LogP contribution >= 0.6 is 11.6 Å². The maximum absolute atomic E-state index is 13.2. The summed E-state index contributed by atoms with van der Waals surface area (Å²) in [7, 11) is -3.83. The van der Waals surface area contributed by atoms with Gasteiger partial charge >= 0.3 is 0 Å². The molecule has 1 unspecified atom stereocenters. The first-order valence-corrected chi connectivity index (χ1v) is 13.1. The average Bonchev–Trinajstić information content (AvgIpc) is 3.33. The minimum absolute atomic E-state index is 0.0502. The number of hydrogen-bond acceptors (Lipinski definition) is 4. The lowest BCUT2D eigenvalue weighted by Gasteiger charge is -2.31. The molecule has 178 valence electrons. The van der Waals surface area contributed by atoms with Gasteiger partial charge in [-0.2, -0.15) is 4.31 Å². The first-order chi connectivity index (χ1) is 15.8. The van der Waals surface area contributed by atoms with E-state index < -0.39 is 15.9 Å². The number of carbonyl (C=O) groups is 2. The number of aryl methyl sites for hydroxylation is 1. The second kappa shape index (κ2) is 9.87. The van der Waals surface area contributed by atoms with E-state index in [0.29, 0.717) is 43.2 Å². The van der Waals surface area contributed by atoms with Gasteiger partial charge in [0.2, 0.25) is 15.9 Å². The second-order valence-electron chi connectivity index (χ2n) is 8.76. The largest absolute Gasteiger partial charge is 0.356 e. The second-order valence-corrected chi connectivity index (χ2v) is 11.1. The van der Waals surface area contributed by atoms with Crippen molar-refractivity contribution in [1.82, 2.24) is 14.2 Å². The molecule has 10 heteroatoms. The Kier molecular flexibility index (Phi) is 7.11. The fourth-order valence-electron chi connectivity index (χ4n) is 4.35. The predicted molar refractivity (Wildman–Crippen MR) is 127 cm³/mol. The van der Waals surface area contributed by atoms with Gasteiger partial charge in [-0.15, -0.1) is 0 Å². The van der Waals surface area contributed by atoms with E-state index in [4.69, 9.17) is 11.6 Å². The Hall–Kier alpha value is -2.36. The summed E-state index contributed by atoms with van der Waals surface area (Å²) in [6.45, 7) is 3.69. The summed E-state index contributed by atoms with van der Waals surface area (Å²) < 4.78 is 27.8. The normalized spacial score (nSPS) is 19.9. The van der Waals surface area contributed by atoms with Crippen molar-refractivity contribution in [1.29, 1.82) is 0 Å². The number of carbonyl (C=O) groups excluding carboxylic acids is 2. The number of nitrogens with one attached hydrogen (secondary N) is 2. The number of benzene rings is 1. The van der Waals surface area contributed by atoms with Crippen molar-refractivity contribution in [2.24, 2.45) is 5.92 Å². The minimum Gasteiger partial charge on any atom is -0.356 e. The summed E-state index contributed by atoms with van der Waals surface area (Å²) in [6, 6.07) is 6.69. The molecule has 4 rings (SSSR count). The van der Waals surface area contributed by atoms with Crippen LogP contribution in [0.4, 0.5) is 5.69 Å². The molecule has 2 amide bonds. The van der Waals surface area contributed by atoms with Gasteiger partial charge in [0, 0.05) is 43.1 Å². The number of likely N-dealkylation sites (tertiary alicyclic amines) is 1. The number of hydrogen-bond donors (Lipinski definition) is 2. The number of rotatable bonds is 5. The molecule has 0 radical (unpaired) electrons. The van der Waals surface area contributed by atoms with Crippen molar-refractivity contribution in [3.8, 4) is 0 Å². The van der Waals surface area contributed by atoms with Crippen LogP contribution in [0.5, 0.6) is 0 Å². The molecule has 2 aliphatic heterocycles. The Morgan fingerprint density at radius 2 is 1.85 bits per heavy atom. The number of H-pyrrole nitrogens is 1. The number of sulfonamides is 1. The predicted octanol–water partition coefficient (Wildman–Crippen LogP) is 3.64. The van der Waals surface area contributed by atoms with Crippen LogP contribution in [0.3, 0.4) is 0 Å². The van der Waals surface area contributed by atoms with Crippen LogP contribution in [0, 0.1) is 12.8 Å². The van der Waals surface area contributed by atoms with Gasteiger partial charge in [-0.3, -0.25) is 9.59 Å². The van der Waals surface area contributed by atoms with E-state index in [1.807, 2.05) is 13.0 Å². The number of aromatic amines is 1. The lowest BCUT2D eigenvalue weighted by molar-refractivity contribution is -0.120. The van der Waals surface area contributed by atoms with Crippen molar-refractivity contribution >= 4 is 39.1 Å². The van der Waals surface area contributed by atoms with Crippen LogP contribution in [-0.2, 0) is 14.8 Å². The molecule has 0 aliphatic carbocycles. The summed E-state index contributed by atoms with van der Waals surface area (Å²) in [4.78, 5) is 30.1. The van der Waals surface area contributed by atoms with Gasteiger partial charge in [-0.25, -0.2) is 8.42 Å². The van der Waals surface area contributed by atoms with Gasteiger partial charge < -0.3 is 15.2 Å². The van der Waals surface area contributed by atoms with Gasteiger partial charge in [0.25, 0.3) is 5.91 Å². The third-order valence-electron chi connectivity index (χ3n) is 6.36. The Morgan fingerprint density at radius 1 is 1.09 bits per heavy atom. The topological polar surface area (TPSA) is 103 Å². The third-order valence-corrected chi connectivity index (χ3v) is 8.61. The fourth-order valence-corrected chi connectivity index (χ4v) is 6.05. The van der Waals surface area contributed by atoms with E-state index in [2.05, 4.69) is 10.3 Å². The molecule has 3 heterocycles. The van der Waals surface area contributed by atoms with Crippen LogP contribution < -0.4 is 5.32 Å². The third kappa shape index (κ3) is 5.26. The van der Waals surface area contributed by atoms with Crippen molar-refractivity contribution < 1.29 is 18.0 Å². The van der Waals surface area contributed by atoms with E-state index in [1.54, 1.807) is 17.0 Å². The lowest BCUT2D eigenvalue weighted by Crippen LogP contribution is -2.43. The molecule has 8 nitrogen and oxygen atoms in total. The molecular formula is C23H29ClN4O4S. The standard InChI is InChI=1S/C23H29ClN4O4S/c1-16-7-8-18(12-20(16)24)26-22(29)17-6-5-11-28(15-17)33(31,32)19-13-21(25-14-19)23(30)27-9-3-2-4-10-27/h7-8,12-14,17,25H,2-6,9-11,15H2,1H3,(H,26,29). The van der Waals surface area contributed by atoms with Crippen LogP contribution in [0.25, 0.3) is 0 Å². The van der Waals surface area contributed by atoms with E-state index >= 15 is 0 Å². The molecule has 33 heavy (non-hydrogen) atoms. The van der Waals surface area contributed by atoms with Crippen LogP contribution in [0.1, 0.15) is 48.2 Å². The summed E-state index contributed by atoms with van der Waals surface area (Å²) in [5.74, 6) is -0.879. The first kappa shape index (κ1) is 23.8. The van der Waals surface area contributed by atoms with E-state index in [1.165, 1.54) is 16.6 Å². The maximum atomic E-state index is 13.2. The molecule has 1 aromatic carbocycles. The van der Waals surface area contributed by atoms with Gasteiger partial charge in [0.15, 0.2) is 0 Å². The Morgan fingerprint density at radius 3 is 2.58 bits per heavy atom. The maximum Gasteiger partial charge on any atom is 0.270 e. The molecule has 0 bridgehead atoms. The monoisotopic (exact) mass is 492 g/mol. The Bertz CT molecular complexity index is 1140. The summed E-state index contributed by atoms with van der Waals surface area (Å²) in [5.41, 5.74) is 1.77. The molecule has 2 aromatic rings. The number of amides is 2. The highest BCUT2D eigenvalue weighted by atomic mass is 35.5. The molecule has 2 aliphatic rings. The van der Waals surface area contributed by atoms with Crippen molar-refractivity contribution in [3.05, 3.63) is 46.7 Å². The van der Waals surface area contributed by atoms with Gasteiger partial charge in [0.05, 0.1) is 5.92 Å². The van der Waals surface area contributed by atoms with Gasteiger partial charge in [-0.05, 0) is 62.8 Å². The number of aromatic nitrogens is 1. The number of halogens is 1. The van der Waals surface area contributed by atoms with Crippen molar-refractivity contribution in [3.63, 3.8) is 0 Å². The molecule has 0 saturated carbocycles. The first-order valence-electron chi connectivity index (χ1n) is 11.3. The highest BCUT2D eigenvalue weighted by molar-refractivity contribution is 7.89. The highest BCUT2D eigenvalue weighted by Crippen LogP contribution is 2.27. The summed E-state index contributed by atoms with van der Waals surface area (Å²) in [6.07, 6.45) is 5.58. The number of piperidine rings is 2. The fraction of sp³-hybridized carbons (Fsp3) is 0.478. The number of anilines is 1. The molecular weight excluding hydrogens is 464 g/mol. The molecule has 1 atom stereocenters. The van der Waals surface area contributed by atoms with Crippen LogP contribution in [0.2, 0.25) is 5.02 Å². The smallest absolute Gasteiger partial charge is 0.270 e. The molecule has 2 fully saturated rings. The van der Waals surface area contributed by atoms with E-state index in [0.717, 1.165) is 24.8 Å². The van der Waals surface area contributed by atoms with E-state index in [-0.39, 0.29) is 28.9 Å². The quantitative estimate of drug-likeness (QED) is 0.665. The Balaban J connectivity index is 1.43. The number of nitrogens with zero attached hydrogens (tertiary/aromatic N) is 2. The zero-order chi connectivity index (χ0) is 23.6. The molecule has 2 saturated heterocycles. The van der Waals surface area contributed by atoms with Gasteiger partial charge in [0.1, 0.15) is 10.6 Å².